The second-order valence-corrected chi connectivity index (χ2v) is 9.86. The van der Waals surface area contributed by atoms with E-state index in [0.29, 0.717) is 16.2 Å². The second kappa shape index (κ2) is 9.47. The van der Waals surface area contributed by atoms with Crippen LogP contribution in [0.3, 0.4) is 0 Å². The molecule has 2 N–H and O–H groups in total. The smallest absolute Gasteiger partial charge is 0.340 e. The van der Waals surface area contributed by atoms with Crippen molar-refractivity contribution in [1.29, 1.82) is 0 Å². The number of furan rings is 1. The van der Waals surface area contributed by atoms with Gasteiger partial charge in [0.15, 0.2) is 0 Å². The summed E-state index contributed by atoms with van der Waals surface area (Å²) in [5.74, 6) is -0.734. The minimum absolute atomic E-state index is 0.0896. The first-order chi connectivity index (χ1) is 17.2. The highest BCUT2D eigenvalue weighted by atomic mass is 35.5. The summed E-state index contributed by atoms with van der Waals surface area (Å²) in [6, 6.07) is 7.60. The molecule has 0 bridgehead atoms. The molecule has 0 spiro atoms. The molecule has 0 aliphatic heterocycles. The summed E-state index contributed by atoms with van der Waals surface area (Å²) in [5.41, 5.74) is 4.14. The normalized spacial score (nSPS) is 14.1. The predicted octanol–water partition coefficient (Wildman–Crippen LogP) is 5.04. The minimum atomic E-state index is -1.16. The molecule has 7 nitrogen and oxygen atoms in total. The summed E-state index contributed by atoms with van der Waals surface area (Å²) in [5, 5.41) is 14.5. The van der Waals surface area contributed by atoms with Crippen molar-refractivity contribution in [3.63, 3.8) is 0 Å². The van der Waals surface area contributed by atoms with Crippen LogP contribution in [0, 0.1) is 13.8 Å². The number of benzene rings is 2. The Hall–Kier alpha value is -3.58. The van der Waals surface area contributed by atoms with Crippen LogP contribution < -0.4 is 10.9 Å². The Morgan fingerprint density at radius 1 is 1.03 bits per heavy atom. The van der Waals surface area contributed by atoms with Gasteiger partial charge in [-0.25, -0.2) is 9.59 Å². The van der Waals surface area contributed by atoms with E-state index in [2.05, 4.69) is 5.32 Å². The third-order valence-electron chi connectivity index (χ3n) is 7.05. The van der Waals surface area contributed by atoms with Gasteiger partial charge in [-0.3, -0.25) is 4.79 Å². The van der Waals surface area contributed by atoms with Gasteiger partial charge in [-0.05, 0) is 62.4 Å². The van der Waals surface area contributed by atoms with E-state index in [1.807, 2.05) is 13.0 Å². The number of hydrogen-bond acceptors (Lipinski definition) is 5. The minimum Gasteiger partial charge on any atom is -0.480 e. The van der Waals surface area contributed by atoms with Gasteiger partial charge in [0.05, 0.1) is 12.0 Å². The monoisotopic (exact) mass is 507 g/mol. The number of rotatable bonds is 6. The zero-order valence-electron chi connectivity index (χ0n) is 20.1. The first-order valence-corrected chi connectivity index (χ1v) is 12.4. The standard InChI is InChI=1S/C28H26ClNO6/c1-14-19-12-21-18-5-3-4-6-23(18)35-26(21)15(2)25(19)36-28(34)20(14)13-24(31)30-22(27(32)33)11-16-7-9-17(29)10-8-16/h7-10,12,22H,3-6,11,13H2,1-2H3,(H,30,31)(H,32,33)/t22-/m0/s1. The van der Waals surface area contributed by atoms with Crippen LogP contribution in [0.2, 0.25) is 5.02 Å². The molecule has 2 aromatic heterocycles. The predicted molar refractivity (Wildman–Crippen MR) is 137 cm³/mol. The number of amides is 1. The van der Waals surface area contributed by atoms with Crippen molar-refractivity contribution in [1.82, 2.24) is 5.32 Å². The zero-order valence-corrected chi connectivity index (χ0v) is 20.8. The number of carboxylic acid groups (broad SMARTS) is 1. The maximum atomic E-state index is 12.9. The molecule has 0 radical (unpaired) electrons. The van der Waals surface area contributed by atoms with Crippen LogP contribution in [0.5, 0.6) is 0 Å². The molecule has 36 heavy (non-hydrogen) atoms. The number of fused-ring (bicyclic) bond motifs is 4. The molecule has 0 unspecified atom stereocenters. The Kier molecular flexibility index (Phi) is 6.35. The van der Waals surface area contributed by atoms with Gasteiger partial charge in [0.2, 0.25) is 5.91 Å². The highest BCUT2D eigenvalue weighted by Crippen LogP contribution is 2.37. The molecule has 8 heteroatoms. The molecular weight excluding hydrogens is 482 g/mol. The van der Waals surface area contributed by atoms with Gasteiger partial charge < -0.3 is 19.3 Å². The third-order valence-corrected chi connectivity index (χ3v) is 7.30. The fourth-order valence-electron chi connectivity index (χ4n) is 5.08. The summed E-state index contributed by atoms with van der Waals surface area (Å²) in [6.07, 6.45) is 3.85. The molecule has 0 saturated heterocycles. The van der Waals surface area contributed by atoms with Crippen molar-refractivity contribution in [2.24, 2.45) is 0 Å². The summed E-state index contributed by atoms with van der Waals surface area (Å²) in [7, 11) is 0. The van der Waals surface area contributed by atoms with Gasteiger partial charge in [-0.1, -0.05) is 23.7 Å². The lowest BCUT2D eigenvalue weighted by atomic mass is 9.93. The molecule has 1 atom stereocenters. The number of carboxylic acids is 1. The Morgan fingerprint density at radius 2 is 1.72 bits per heavy atom. The van der Waals surface area contributed by atoms with Crippen LogP contribution in [0.25, 0.3) is 21.9 Å². The van der Waals surface area contributed by atoms with Crippen molar-refractivity contribution in [3.05, 3.63) is 79.4 Å². The van der Waals surface area contributed by atoms with Gasteiger partial charge in [0, 0.05) is 39.8 Å². The molecule has 1 aliphatic rings. The van der Waals surface area contributed by atoms with Crippen LogP contribution >= 0.6 is 11.6 Å². The molecular formula is C28H26ClNO6. The number of hydrogen-bond donors (Lipinski definition) is 2. The Morgan fingerprint density at radius 3 is 2.44 bits per heavy atom. The first kappa shape index (κ1) is 24.1. The van der Waals surface area contributed by atoms with Crippen molar-refractivity contribution in [3.8, 4) is 0 Å². The Balaban J connectivity index is 1.46. The van der Waals surface area contributed by atoms with Crippen molar-refractivity contribution in [2.75, 3.05) is 0 Å². The average Bonchev–Trinajstić information content (AvgIpc) is 3.22. The molecule has 0 fully saturated rings. The third kappa shape index (κ3) is 4.39. The molecule has 1 amide bonds. The Bertz CT molecular complexity index is 1560. The molecule has 1 aliphatic carbocycles. The SMILES string of the molecule is Cc1c(CC(=O)N[C@@H](Cc2ccc(Cl)cc2)C(=O)O)c(=O)oc2c(C)c3oc4c(c3cc12)CCCC4. The van der Waals surface area contributed by atoms with E-state index >= 15 is 0 Å². The van der Waals surface area contributed by atoms with Gasteiger partial charge in [-0.15, -0.1) is 0 Å². The van der Waals surface area contributed by atoms with E-state index in [1.165, 1.54) is 5.56 Å². The molecule has 5 rings (SSSR count). The largest absolute Gasteiger partial charge is 0.480 e. The lowest BCUT2D eigenvalue weighted by molar-refractivity contribution is -0.141. The molecule has 2 aromatic carbocycles. The van der Waals surface area contributed by atoms with Crippen LogP contribution in [-0.2, 0) is 35.3 Å². The number of aliphatic carboxylic acids is 1. The van der Waals surface area contributed by atoms with Crippen LogP contribution in [-0.4, -0.2) is 23.0 Å². The fourth-order valence-corrected chi connectivity index (χ4v) is 5.21. The summed E-state index contributed by atoms with van der Waals surface area (Å²) in [6.45, 7) is 3.67. The quantitative estimate of drug-likeness (QED) is 0.354. The van der Waals surface area contributed by atoms with Gasteiger partial charge in [0.25, 0.3) is 0 Å². The van der Waals surface area contributed by atoms with Crippen molar-refractivity contribution < 1.29 is 23.5 Å². The Labute approximate surface area is 212 Å². The first-order valence-electron chi connectivity index (χ1n) is 12.0. The van der Waals surface area contributed by atoms with E-state index in [4.69, 9.17) is 20.4 Å². The zero-order chi connectivity index (χ0) is 25.6. The van der Waals surface area contributed by atoms with E-state index in [9.17, 15) is 19.5 Å². The highest BCUT2D eigenvalue weighted by molar-refractivity contribution is 6.30. The lowest BCUT2D eigenvalue weighted by Crippen LogP contribution is -2.43. The number of carbonyl (C=O) groups excluding carboxylic acids is 1. The van der Waals surface area contributed by atoms with Crippen LogP contribution in [0.4, 0.5) is 0 Å². The molecule has 0 saturated carbocycles. The van der Waals surface area contributed by atoms with Crippen molar-refractivity contribution >= 4 is 45.4 Å². The topological polar surface area (TPSA) is 110 Å². The second-order valence-electron chi connectivity index (χ2n) is 9.42. The number of halogens is 1. The molecule has 186 valence electrons. The maximum absolute atomic E-state index is 12.9. The summed E-state index contributed by atoms with van der Waals surface area (Å²) < 4.78 is 11.8. The summed E-state index contributed by atoms with van der Waals surface area (Å²) in [4.78, 5) is 37.6. The van der Waals surface area contributed by atoms with E-state index < -0.39 is 23.5 Å². The number of nitrogens with one attached hydrogen (secondary N) is 1. The van der Waals surface area contributed by atoms with Gasteiger partial charge in [0.1, 0.15) is 23.0 Å². The van der Waals surface area contributed by atoms with Crippen LogP contribution in [0.1, 0.15) is 46.4 Å². The number of aryl methyl sites for hydroxylation is 4. The highest BCUT2D eigenvalue weighted by Gasteiger charge is 2.25. The lowest BCUT2D eigenvalue weighted by Gasteiger charge is -2.15. The van der Waals surface area contributed by atoms with Gasteiger partial charge in [-0.2, -0.15) is 0 Å². The van der Waals surface area contributed by atoms with Crippen molar-refractivity contribution in [2.45, 2.75) is 58.4 Å². The van der Waals surface area contributed by atoms with E-state index in [-0.39, 0.29) is 18.4 Å². The van der Waals surface area contributed by atoms with Gasteiger partial charge >= 0.3 is 11.6 Å². The van der Waals surface area contributed by atoms with Crippen LogP contribution in [0.15, 0.2) is 44.0 Å². The number of carbonyl (C=O) groups is 2. The summed E-state index contributed by atoms with van der Waals surface area (Å²) >= 11 is 5.90. The van der Waals surface area contributed by atoms with E-state index in [0.717, 1.165) is 58.9 Å². The maximum Gasteiger partial charge on any atom is 0.340 e. The fraction of sp³-hybridized carbons (Fsp3) is 0.321. The molecule has 4 aromatic rings. The average molecular weight is 508 g/mol. The van der Waals surface area contributed by atoms with E-state index in [1.54, 1.807) is 31.2 Å². The molecule has 2 heterocycles.